The molecule has 0 aliphatic carbocycles. The number of ether oxygens (including phenoxy) is 1. The Hall–Kier alpha value is -3.69. The van der Waals surface area contributed by atoms with E-state index in [0.717, 1.165) is 16.7 Å². The number of amides is 1. The molecule has 9 heteroatoms. The first kappa shape index (κ1) is 23.1. The van der Waals surface area contributed by atoms with Crippen molar-refractivity contribution in [1.29, 1.82) is 0 Å². The fourth-order valence-corrected chi connectivity index (χ4v) is 5.73. The zero-order valence-corrected chi connectivity index (χ0v) is 20.8. The predicted octanol–water partition coefficient (Wildman–Crippen LogP) is 4.01. The summed E-state index contributed by atoms with van der Waals surface area (Å²) in [5.74, 6) is -0.907. The first-order valence-electron chi connectivity index (χ1n) is 11.3. The molecule has 0 spiro atoms. The van der Waals surface area contributed by atoms with Gasteiger partial charge in [0, 0.05) is 24.3 Å². The van der Waals surface area contributed by atoms with Gasteiger partial charge < -0.3 is 19.6 Å². The third-order valence-electron chi connectivity index (χ3n) is 6.36. The van der Waals surface area contributed by atoms with E-state index in [0.29, 0.717) is 34.2 Å². The number of aromatic nitrogens is 2. The maximum atomic E-state index is 14.0. The van der Waals surface area contributed by atoms with Gasteiger partial charge in [-0.25, -0.2) is 4.98 Å². The fourth-order valence-electron chi connectivity index (χ4n) is 4.64. The number of para-hydroxylation sites is 3. The summed E-state index contributed by atoms with van der Waals surface area (Å²) in [5, 5.41) is 11.0. The number of carbonyl (C=O) groups is 2. The van der Waals surface area contributed by atoms with Crippen LogP contribution in [0, 0.1) is 6.92 Å². The van der Waals surface area contributed by atoms with E-state index in [1.807, 2.05) is 72.8 Å². The zero-order chi connectivity index (χ0) is 24.9. The van der Waals surface area contributed by atoms with Crippen LogP contribution in [0.15, 0.2) is 59.9 Å². The van der Waals surface area contributed by atoms with Crippen molar-refractivity contribution in [3.05, 3.63) is 76.0 Å². The van der Waals surface area contributed by atoms with Crippen molar-refractivity contribution in [3.63, 3.8) is 0 Å². The lowest BCUT2D eigenvalue weighted by Crippen LogP contribution is -2.36. The quantitative estimate of drug-likeness (QED) is 0.394. The van der Waals surface area contributed by atoms with Crippen molar-refractivity contribution in [1.82, 2.24) is 19.2 Å². The number of ketones is 1. The number of likely N-dealkylation sites (N-methyl/N-ethyl adjacent to an activating group) is 1. The van der Waals surface area contributed by atoms with Gasteiger partial charge in [0.15, 0.2) is 10.7 Å². The van der Waals surface area contributed by atoms with E-state index in [1.165, 1.54) is 11.3 Å². The van der Waals surface area contributed by atoms with Crippen LogP contribution in [0.2, 0.25) is 0 Å². The molecule has 1 N–H and O–H groups in total. The maximum Gasteiger partial charge on any atom is 0.290 e. The minimum atomic E-state index is -0.767. The number of nitrogens with zero attached hydrogens (tertiary/aromatic N) is 4. The lowest BCUT2D eigenvalue weighted by Gasteiger charge is -2.28. The molecule has 5 rings (SSSR count). The fraction of sp³-hybridized carbons (Fsp3) is 0.269. The number of aliphatic hydroxyl groups excluding tert-OH is 1. The van der Waals surface area contributed by atoms with Crippen LogP contribution in [0.5, 0.6) is 5.75 Å². The summed E-state index contributed by atoms with van der Waals surface area (Å²) < 4.78 is 7.52. The SMILES string of the molecule is COc1ccccc1C1C(C(=O)c2sc3nc4ccccc4n3c2C)=C(O)C(=O)N1CCN(C)C. The molecule has 3 heterocycles. The topological polar surface area (TPSA) is 87.4 Å². The molecular formula is C26H26N4O4S. The molecule has 0 bridgehead atoms. The molecule has 0 fully saturated rings. The Morgan fingerprint density at radius 1 is 1.17 bits per heavy atom. The average molecular weight is 491 g/mol. The van der Waals surface area contributed by atoms with Gasteiger partial charge in [-0.2, -0.15) is 0 Å². The lowest BCUT2D eigenvalue weighted by molar-refractivity contribution is -0.129. The standard InChI is InChI=1S/C26H26N4O4S/c1-15-24(35-26-27-17-10-6-7-11-18(17)30(15)26)22(31)20-21(16-9-5-8-12-19(16)34-4)29(14-13-28(2)3)25(33)23(20)32/h5-12,21,32H,13-14H2,1-4H3. The van der Waals surface area contributed by atoms with Crippen LogP contribution in [0.3, 0.4) is 0 Å². The van der Waals surface area contributed by atoms with Gasteiger partial charge in [-0.3, -0.25) is 14.0 Å². The zero-order valence-electron chi connectivity index (χ0n) is 20.0. The van der Waals surface area contributed by atoms with E-state index < -0.39 is 17.7 Å². The van der Waals surface area contributed by atoms with Crippen LogP contribution in [0.1, 0.15) is 27.0 Å². The van der Waals surface area contributed by atoms with E-state index in [-0.39, 0.29) is 11.4 Å². The second-order valence-electron chi connectivity index (χ2n) is 8.77. The Labute approximate surface area is 206 Å². The summed E-state index contributed by atoms with van der Waals surface area (Å²) >= 11 is 1.26. The number of benzene rings is 2. The van der Waals surface area contributed by atoms with Crippen LogP contribution < -0.4 is 4.74 Å². The average Bonchev–Trinajstić information content (AvgIpc) is 3.46. The molecular weight excluding hydrogens is 464 g/mol. The summed E-state index contributed by atoms with van der Waals surface area (Å²) in [6.07, 6.45) is 0. The second-order valence-corrected chi connectivity index (χ2v) is 9.75. The third-order valence-corrected chi connectivity index (χ3v) is 7.50. The van der Waals surface area contributed by atoms with Crippen LogP contribution in [0.25, 0.3) is 16.0 Å². The number of fused-ring (bicyclic) bond motifs is 3. The van der Waals surface area contributed by atoms with Crippen molar-refractivity contribution >= 4 is 39.0 Å². The molecule has 0 saturated carbocycles. The Kier molecular flexibility index (Phi) is 5.82. The second kappa shape index (κ2) is 8.83. The van der Waals surface area contributed by atoms with Crippen molar-refractivity contribution in [2.24, 2.45) is 0 Å². The van der Waals surface area contributed by atoms with Gasteiger partial charge in [0.05, 0.1) is 34.6 Å². The number of imidazole rings is 1. The molecule has 2 aromatic carbocycles. The Morgan fingerprint density at radius 2 is 1.89 bits per heavy atom. The molecule has 1 aliphatic rings. The minimum Gasteiger partial charge on any atom is -0.503 e. The number of hydrogen-bond donors (Lipinski definition) is 1. The highest BCUT2D eigenvalue weighted by molar-refractivity contribution is 7.19. The summed E-state index contributed by atoms with van der Waals surface area (Å²) in [5.41, 5.74) is 3.20. The minimum absolute atomic E-state index is 0.0650. The number of aliphatic hydroxyl groups is 1. The van der Waals surface area contributed by atoms with Gasteiger partial charge in [0.1, 0.15) is 5.75 Å². The van der Waals surface area contributed by atoms with Gasteiger partial charge in [-0.1, -0.05) is 41.7 Å². The van der Waals surface area contributed by atoms with Gasteiger partial charge in [0.2, 0.25) is 5.78 Å². The van der Waals surface area contributed by atoms with Crippen molar-refractivity contribution in [3.8, 4) is 5.75 Å². The Morgan fingerprint density at radius 3 is 2.63 bits per heavy atom. The molecule has 1 atom stereocenters. The van der Waals surface area contributed by atoms with Crippen molar-refractivity contribution in [2.45, 2.75) is 13.0 Å². The highest BCUT2D eigenvalue weighted by Gasteiger charge is 2.45. The molecule has 0 radical (unpaired) electrons. The molecule has 1 unspecified atom stereocenters. The molecule has 8 nitrogen and oxygen atoms in total. The molecule has 2 aromatic heterocycles. The van der Waals surface area contributed by atoms with Gasteiger partial charge >= 0.3 is 0 Å². The van der Waals surface area contributed by atoms with Crippen LogP contribution in [-0.4, -0.2) is 70.3 Å². The number of Topliss-reactive ketones (excluding diaryl/α,β-unsaturated/α-hetero) is 1. The van der Waals surface area contributed by atoms with Gasteiger partial charge in [-0.05, 0) is 39.2 Å². The largest absolute Gasteiger partial charge is 0.503 e. The predicted molar refractivity (Wildman–Crippen MR) is 135 cm³/mol. The molecule has 180 valence electrons. The first-order valence-corrected chi connectivity index (χ1v) is 12.1. The van der Waals surface area contributed by atoms with E-state index >= 15 is 0 Å². The monoisotopic (exact) mass is 490 g/mol. The first-order chi connectivity index (χ1) is 16.8. The Bertz CT molecular complexity index is 1500. The number of carbonyl (C=O) groups excluding carboxylic acids is 2. The highest BCUT2D eigenvalue weighted by atomic mass is 32.1. The molecule has 0 saturated heterocycles. The number of rotatable bonds is 7. The third kappa shape index (κ3) is 3.67. The van der Waals surface area contributed by atoms with E-state index in [4.69, 9.17) is 4.74 Å². The van der Waals surface area contributed by atoms with E-state index in [2.05, 4.69) is 4.98 Å². The van der Waals surface area contributed by atoms with Crippen molar-refractivity contribution in [2.75, 3.05) is 34.3 Å². The normalized spacial score (nSPS) is 16.3. The molecule has 1 amide bonds. The number of thiazole rings is 1. The van der Waals surface area contributed by atoms with Gasteiger partial charge in [0.25, 0.3) is 5.91 Å². The lowest BCUT2D eigenvalue weighted by atomic mass is 9.94. The number of hydrogen-bond acceptors (Lipinski definition) is 7. The summed E-state index contributed by atoms with van der Waals surface area (Å²) in [6, 6.07) is 14.3. The summed E-state index contributed by atoms with van der Waals surface area (Å²) in [7, 11) is 5.37. The summed E-state index contributed by atoms with van der Waals surface area (Å²) in [6.45, 7) is 2.78. The van der Waals surface area contributed by atoms with Crippen LogP contribution in [0.4, 0.5) is 0 Å². The molecule has 1 aliphatic heterocycles. The molecule has 35 heavy (non-hydrogen) atoms. The van der Waals surface area contributed by atoms with E-state index in [9.17, 15) is 14.7 Å². The van der Waals surface area contributed by atoms with Crippen LogP contribution in [-0.2, 0) is 4.79 Å². The number of aryl methyl sites for hydroxylation is 1. The summed E-state index contributed by atoms with van der Waals surface area (Å²) in [4.78, 5) is 36.5. The smallest absolute Gasteiger partial charge is 0.290 e. The van der Waals surface area contributed by atoms with E-state index in [1.54, 1.807) is 18.1 Å². The maximum absolute atomic E-state index is 14.0. The van der Waals surface area contributed by atoms with Crippen molar-refractivity contribution < 1.29 is 19.4 Å². The number of methoxy groups -OCH3 is 1. The van der Waals surface area contributed by atoms with Crippen LogP contribution >= 0.6 is 11.3 Å². The molecule has 4 aromatic rings. The Balaban J connectivity index is 1.65. The highest BCUT2D eigenvalue weighted by Crippen LogP contribution is 2.43. The van der Waals surface area contributed by atoms with Gasteiger partial charge in [-0.15, -0.1) is 0 Å².